The van der Waals surface area contributed by atoms with Gasteiger partial charge in [-0.15, -0.1) is 0 Å². The number of nitrogens with two attached hydrogens (primary N) is 1. The Hall–Kier alpha value is -6.62. The van der Waals surface area contributed by atoms with Gasteiger partial charge in [-0.05, 0) is 80.0 Å². The highest BCUT2D eigenvalue weighted by atomic mass is 16.3. The first-order valence-electron chi connectivity index (χ1n) is 18.0. The molecule has 8 aromatic rings. The fourth-order valence-corrected chi connectivity index (χ4v) is 6.02. The van der Waals surface area contributed by atoms with E-state index in [2.05, 4.69) is 128 Å². The molecule has 0 atom stereocenters. The summed E-state index contributed by atoms with van der Waals surface area (Å²) in [4.78, 5) is 4.27. The van der Waals surface area contributed by atoms with E-state index in [1.807, 2.05) is 91.0 Å². The van der Waals surface area contributed by atoms with Crippen molar-refractivity contribution in [3.8, 4) is 11.1 Å². The van der Waals surface area contributed by atoms with E-state index in [-0.39, 0.29) is 0 Å². The molecule has 0 aliphatic heterocycles. The minimum atomic E-state index is 0.575. The monoisotopic (exact) mass is 705 g/mol. The molecule has 7 aromatic carbocycles. The van der Waals surface area contributed by atoms with Crippen LogP contribution in [0, 0.1) is 19.3 Å². The highest BCUT2D eigenvalue weighted by molar-refractivity contribution is 6.10. The predicted molar refractivity (Wildman–Crippen MR) is 232 cm³/mol. The summed E-state index contributed by atoms with van der Waals surface area (Å²) in [5.74, 6) is 0. The van der Waals surface area contributed by atoms with Gasteiger partial charge in [-0.1, -0.05) is 181 Å². The van der Waals surface area contributed by atoms with Crippen LogP contribution in [-0.4, -0.2) is 19.5 Å². The molecule has 0 unspecified atom stereocenters. The van der Waals surface area contributed by atoms with Gasteiger partial charge in [-0.2, -0.15) is 0 Å². The normalized spacial score (nSPS) is 10.6. The van der Waals surface area contributed by atoms with Gasteiger partial charge in [-0.3, -0.25) is 10.4 Å². The van der Waals surface area contributed by atoms with Crippen LogP contribution in [0.15, 0.2) is 197 Å². The molecule has 1 heterocycles. The molecule has 0 radical (unpaired) electrons. The lowest BCUT2D eigenvalue weighted by molar-refractivity contribution is 0.669. The molecule has 1 aromatic heterocycles. The predicted octanol–water partition coefficient (Wildman–Crippen LogP) is 12.5. The van der Waals surface area contributed by atoms with Crippen molar-refractivity contribution in [2.75, 3.05) is 7.05 Å². The molecule has 54 heavy (non-hydrogen) atoms. The lowest BCUT2D eigenvalue weighted by atomic mass is 10.0. The quantitative estimate of drug-likeness (QED) is 0.162. The third-order valence-corrected chi connectivity index (χ3v) is 8.74. The molecule has 4 heteroatoms. The number of nitrogens with one attached hydrogen (secondary N) is 1. The summed E-state index contributed by atoms with van der Waals surface area (Å²) in [7, 11) is 1.50. The molecule has 0 saturated heterocycles. The van der Waals surface area contributed by atoms with E-state index in [4.69, 9.17) is 9.83 Å². The number of aryl methyl sites for hydroxylation is 2. The molecule has 0 aliphatic carbocycles. The van der Waals surface area contributed by atoms with Crippen LogP contribution in [0.1, 0.15) is 33.4 Å². The van der Waals surface area contributed by atoms with Gasteiger partial charge in [0.15, 0.2) is 0 Å². The highest BCUT2D eigenvalue weighted by Gasteiger charge is 2.09. The molecule has 0 amide bonds. The van der Waals surface area contributed by atoms with Crippen LogP contribution in [0.5, 0.6) is 0 Å². The van der Waals surface area contributed by atoms with Crippen molar-refractivity contribution in [1.29, 1.82) is 5.41 Å². The van der Waals surface area contributed by atoms with Crippen LogP contribution in [0.25, 0.3) is 38.8 Å². The summed E-state index contributed by atoms with van der Waals surface area (Å²) in [5.41, 5.74) is 17.0. The average molecular weight is 706 g/mol. The molecule has 0 spiro atoms. The maximum atomic E-state index is 7.97. The van der Waals surface area contributed by atoms with Crippen LogP contribution >= 0.6 is 0 Å². The molecular formula is C50H47N3O. The van der Waals surface area contributed by atoms with Crippen molar-refractivity contribution in [2.24, 2.45) is 10.7 Å². The van der Waals surface area contributed by atoms with Gasteiger partial charge in [0, 0.05) is 16.3 Å². The number of hydrogen-bond donors (Lipinski definition) is 2. The Kier molecular flexibility index (Phi) is 14.2. The fraction of sp³-hybridized carbons (Fsp3) is 0.0800. The molecule has 4 nitrogen and oxygen atoms in total. The maximum Gasteiger partial charge on any atom is 0.136 e. The van der Waals surface area contributed by atoms with Crippen molar-refractivity contribution < 1.29 is 4.42 Å². The first-order valence-corrected chi connectivity index (χ1v) is 18.0. The van der Waals surface area contributed by atoms with Crippen molar-refractivity contribution in [3.05, 3.63) is 221 Å². The molecule has 3 N–H and O–H groups in total. The second-order valence-electron chi connectivity index (χ2n) is 12.6. The Morgan fingerprint density at radius 3 is 1.63 bits per heavy atom. The first kappa shape index (κ1) is 38.6. The molecule has 0 bridgehead atoms. The molecule has 0 aliphatic rings. The van der Waals surface area contributed by atoms with Crippen LogP contribution in [0.4, 0.5) is 0 Å². The number of para-hydroxylation sites is 1. The Labute approximate surface area is 319 Å². The zero-order valence-electron chi connectivity index (χ0n) is 31.2. The number of benzene rings is 7. The van der Waals surface area contributed by atoms with E-state index in [0.717, 1.165) is 50.7 Å². The topological polar surface area (TPSA) is 75.4 Å². The number of allylic oxidation sites excluding steroid dienone is 1. The summed E-state index contributed by atoms with van der Waals surface area (Å²) in [5, 5.41) is 10.2. The highest BCUT2D eigenvalue weighted by Crippen LogP contribution is 2.31. The van der Waals surface area contributed by atoms with Gasteiger partial charge in [0.05, 0.1) is 11.4 Å². The summed E-state index contributed by atoms with van der Waals surface area (Å²) >= 11 is 0. The van der Waals surface area contributed by atoms with Crippen molar-refractivity contribution in [3.63, 3.8) is 0 Å². The van der Waals surface area contributed by atoms with Gasteiger partial charge in [0.1, 0.15) is 11.2 Å². The Balaban J connectivity index is 0.000000192. The van der Waals surface area contributed by atoms with E-state index in [1.54, 1.807) is 0 Å². The Morgan fingerprint density at radius 2 is 1.07 bits per heavy atom. The summed E-state index contributed by atoms with van der Waals surface area (Å²) in [6.07, 6.45) is 2.91. The van der Waals surface area contributed by atoms with Gasteiger partial charge < -0.3 is 10.2 Å². The molecule has 268 valence electrons. The largest absolute Gasteiger partial charge is 0.456 e. The second-order valence-corrected chi connectivity index (χ2v) is 12.6. The molecule has 0 saturated carbocycles. The van der Waals surface area contributed by atoms with Gasteiger partial charge in [0.25, 0.3) is 0 Å². The van der Waals surface area contributed by atoms with E-state index in [9.17, 15) is 0 Å². The molecule has 8 rings (SSSR count). The lowest BCUT2D eigenvalue weighted by Crippen LogP contribution is -1.99. The van der Waals surface area contributed by atoms with Crippen LogP contribution in [-0.2, 0) is 6.42 Å². The third-order valence-electron chi connectivity index (χ3n) is 8.74. The van der Waals surface area contributed by atoms with Crippen molar-refractivity contribution in [1.82, 2.24) is 0 Å². The van der Waals surface area contributed by atoms with E-state index < -0.39 is 0 Å². The number of hydrogen-bond acceptors (Lipinski definition) is 4. The van der Waals surface area contributed by atoms with E-state index >= 15 is 0 Å². The number of aliphatic imine (C=N–C) groups is 1. The number of fused-ring (bicyclic) bond motifs is 3. The van der Waals surface area contributed by atoms with Gasteiger partial charge >= 0.3 is 0 Å². The second kappa shape index (κ2) is 19.8. The number of nitrogens with zero attached hydrogens (tertiary/aromatic N) is 1. The number of rotatable bonds is 7. The summed E-state index contributed by atoms with van der Waals surface area (Å²) in [6, 6.07) is 61.4. The van der Waals surface area contributed by atoms with Crippen molar-refractivity contribution >= 4 is 40.1 Å². The Bertz CT molecular complexity index is 2350. The maximum absolute atomic E-state index is 7.97. The average Bonchev–Trinajstić information content (AvgIpc) is 3.61. The smallest absolute Gasteiger partial charge is 0.136 e. The van der Waals surface area contributed by atoms with E-state index in [1.165, 1.54) is 34.9 Å². The van der Waals surface area contributed by atoms with Gasteiger partial charge in [-0.25, -0.2) is 0 Å². The first-order chi connectivity index (χ1) is 26.5. The molecular weight excluding hydrogens is 659 g/mol. The van der Waals surface area contributed by atoms with E-state index in [0.29, 0.717) is 5.71 Å². The summed E-state index contributed by atoms with van der Waals surface area (Å²) in [6.45, 7) is 7.99. The number of furan rings is 1. The lowest BCUT2D eigenvalue weighted by Gasteiger charge is -2.05. The zero-order valence-corrected chi connectivity index (χ0v) is 31.2. The van der Waals surface area contributed by atoms with Gasteiger partial charge in [0.2, 0.25) is 0 Å². The SMILES string of the molecule is C=N/C(=C\Cc1ccc(-c2ccccc2)cc1)c1ccc2c(c1)oc1ccccc12.CN.Cc1cccc(C)c1.N=C(c1ccccc1)c1ccccc1. The minimum Gasteiger partial charge on any atom is -0.456 e. The third kappa shape index (κ3) is 10.5. The molecule has 0 fully saturated rings. The van der Waals surface area contributed by atoms with Crippen molar-refractivity contribution in [2.45, 2.75) is 20.3 Å². The minimum absolute atomic E-state index is 0.575. The van der Waals surface area contributed by atoms with Crippen LogP contribution in [0.2, 0.25) is 0 Å². The standard InChI is InChI=1S/C28H21NO.C13H11N.C8H10.CH5N/c1-29-26(18-13-20-11-14-22(15-12-20)21-7-3-2-4-8-21)23-16-17-25-24-9-5-6-10-27(24)30-28(25)19-23;14-13(11-7-3-1-4-8-11)12-9-5-2-6-10-12;1-7-4-3-5-8(2)6-7;1-2/h2-12,14-19H,1,13H2;1-10,14H;3-6H,1-2H3;2H2,1H3/b26-18-;;;. The summed E-state index contributed by atoms with van der Waals surface area (Å²) < 4.78 is 6.02. The Morgan fingerprint density at radius 1 is 0.556 bits per heavy atom. The fourth-order valence-electron chi connectivity index (χ4n) is 6.02. The van der Waals surface area contributed by atoms with Crippen LogP contribution in [0.3, 0.4) is 0 Å². The van der Waals surface area contributed by atoms with Crippen LogP contribution < -0.4 is 5.73 Å². The zero-order chi connectivity index (χ0) is 38.1.